The lowest BCUT2D eigenvalue weighted by molar-refractivity contribution is -0.137. The van der Waals surface area contributed by atoms with Gasteiger partial charge in [0.1, 0.15) is 5.76 Å². The Morgan fingerprint density at radius 2 is 1.82 bits per heavy atom. The number of likely N-dealkylation sites (tertiary alicyclic amines) is 1. The topological polar surface area (TPSA) is 55.8 Å². The van der Waals surface area contributed by atoms with Gasteiger partial charge < -0.3 is 14.4 Å². The number of ether oxygens (including phenoxy) is 2. The summed E-state index contributed by atoms with van der Waals surface area (Å²) in [5.41, 5.74) is 0.335. The molecule has 2 atom stereocenters. The van der Waals surface area contributed by atoms with E-state index in [4.69, 9.17) is 9.47 Å². The molecule has 3 rings (SSSR count). The van der Waals surface area contributed by atoms with E-state index >= 15 is 0 Å². The number of rotatable bonds is 2. The van der Waals surface area contributed by atoms with Gasteiger partial charge in [0.2, 0.25) is 11.7 Å². The number of piperidine rings is 1. The number of carbonyl (C=O) groups is 2. The van der Waals surface area contributed by atoms with Gasteiger partial charge in [-0.1, -0.05) is 20.8 Å². The number of nitrogens with zero attached hydrogens (tertiary/aromatic N) is 1. The first kappa shape index (κ1) is 15.1. The van der Waals surface area contributed by atoms with E-state index in [1.807, 2.05) is 27.7 Å². The number of Topliss-reactive ketones (excluding diaryl/α,β-unsaturated/α-hetero) is 1. The Hall–Kier alpha value is -1.78. The van der Waals surface area contributed by atoms with Gasteiger partial charge in [0.05, 0.1) is 25.3 Å². The van der Waals surface area contributed by atoms with Gasteiger partial charge in [0.25, 0.3) is 0 Å². The number of methoxy groups -OCH3 is 2. The lowest BCUT2D eigenvalue weighted by Gasteiger charge is -2.34. The normalized spacial score (nSPS) is 30.4. The van der Waals surface area contributed by atoms with E-state index in [1.54, 1.807) is 12.0 Å². The summed E-state index contributed by atoms with van der Waals surface area (Å²) in [5, 5.41) is 0. The van der Waals surface area contributed by atoms with Crippen LogP contribution >= 0.6 is 0 Å². The van der Waals surface area contributed by atoms with Crippen molar-refractivity contribution >= 4 is 11.7 Å². The zero-order valence-corrected chi connectivity index (χ0v) is 14.1. The lowest BCUT2D eigenvalue weighted by Crippen LogP contribution is -2.41. The molecule has 120 valence electrons. The van der Waals surface area contributed by atoms with E-state index in [2.05, 4.69) is 0 Å². The Labute approximate surface area is 130 Å². The third kappa shape index (κ3) is 1.65. The molecule has 3 aliphatic rings. The quantitative estimate of drug-likeness (QED) is 0.785. The van der Waals surface area contributed by atoms with Crippen molar-refractivity contribution in [2.45, 2.75) is 34.1 Å². The second-order valence-corrected chi connectivity index (χ2v) is 7.41. The summed E-state index contributed by atoms with van der Waals surface area (Å²) in [6, 6.07) is 0. The zero-order chi connectivity index (χ0) is 16.4. The fraction of sp³-hybridized carbons (Fsp3) is 0.647. The lowest BCUT2D eigenvalue weighted by atomic mass is 9.85. The molecule has 2 aliphatic carbocycles. The first-order chi connectivity index (χ1) is 10.2. The molecule has 0 aromatic carbocycles. The molecule has 0 unspecified atom stereocenters. The van der Waals surface area contributed by atoms with E-state index in [0.717, 1.165) is 12.1 Å². The standard InChI is InChI=1S/C17H23NO4/c1-9-11(21-5)13-17(14(19)12(9)22-6)7-10(17)8-18(13)15(20)16(2,3)4/h10H,7-8H2,1-6H3/t10-,17+/m1/s1. The minimum Gasteiger partial charge on any atom is -0.494 e. The molecule has 1 amide bonds. The molecule has 22 heavy (non-hydrogen) atoms. The third-order valence-electron chi connectivity index (χ3n) is 5.00. The van der Waals surface area contributed by atoms with Crippen molar-refractivity contribution in [1.29, 1.82) is 0 Å². The SMILES string of the molecule is COC1=C(C)C(OC)=C2N(C(=O)C(C)(C)C)C[C@H]3C[C@@]23C1=O. The monoisotopic (exact) mass is 305 g/mol. The molecule has 1 saturated heterocycles. The van der Waals surface area contributed by atoms with Crippen molar-refractivity contribution in [3.63, 3.8) is 0 Å². The highest BCUT2D eigenvalue weighted by atomic mass is 16.5. The molecule has 1 spiro atoms. The van der Waals surface area contributed by atoms with Crippen LogP contribution in [-0.2, 0) is 19.1 Å². The van der Waals surface area contributed by atoms with E-state index in [9.17, 15) is 9.59 Å². The number of carbonyl (C=O) groups excluding carboxylic acids is 2. The summed E-state index contributed by atoms with van der Waals surface area (Å²) in [6.45, 7) is 8.09. The molecular weight excluding hydrogens is 282 g/mol. The fourth-order valence-electron chi connectivity index (χ4n) is 3.84. The van der Waals surface area contributed by atoms with E-state index < -0.39 is 10.8 Å². The van der Waals surface area contributed by atoms with Crippen LogP contribution in [0.15, 0.2) is 22.8 Å². The molecule has 2 fully saturated rings. The minimum absolute atomic E-state index is 0.00231. The maximum absolute atomic E-state index is 12.9. The average molecular weight is 305 g/mol. The molecule has 5 heteroatoms. The molecule has 0 radical (unpaired) electrons. The molecule has 0 aromatic heterocycles. The summed E-state index contributed by atoms with van der Waals surface area (Å²) in [6.07, 6.45) is 0.780. The van der Waals surface area contributed by atoms with Crippen molar-refractivity contribution in [1.82, 2.24) is 4.90 Å². The first-order valence-corrected chi connectivity index (χ1v) is 7.61. The highest BCUT2D eigenvalue weighted by Gasteiger charge is 2.72. The number of ketones is 1. The number of allylic oxidation sites excluding steroid dienone is 3. The summed E-state index contributed by atoms with van der Waals surface area (Å²) < 4.78 is 10.9. The molecule has 1 saturated carbocycles. The predicted octanol–water partition coefficient (Wildman–Crippen LogP) is 2.24. The Bertz CT molecular complexity index is 638. The van der Waals surface area contributed by atoms with Crippen LogP contribution < -0.4 is 0 Å². The predicted molar refractivity (Wildman–Crippen MR) is 80.5 cm³/mol. The van der Waals surface area contributed by atoms with Gasteiger partial charge in [-0.05, 0) is 19.3 Å². The average Bonchev–Trinajstić information content (AvgIpc) is 3.06. The second kappa shape index (κ2) is 4.37. The summed E-state index contributed by atoms with van der Waals surface area (Å²) >= 11 is 0. The van der Waals surface area contributed by atoms with Gasteiger partial charge >= 0.3 is 0 Å². The largest absolute Gasteiger partial charge is 0.494 e. The van der Waals surface area contributed by atoms with Crippen LogP contribution in [0.1, 0.15) is 34.1 Å². The van der Waals surface area contributed by atoms with Gasteiger partial charge in [-0.15, -0.1) is 0 Å². The van der Waals surface area contributed by atoms with Gasteiger partial charge in [-0.25, -0.2) is 0 Å². The molecule has 1 heterocycles. The highest BCUT2D eigenvalue weighted by molar-refractivity contribution is 6.07. The van der Waals surface area contributed by atoms with Crippen molar-refractivity contribution in [3.8, 4) is 0 Å². The number of hydrogen-bond acceptors (Lipinski definition) is 4. The molecule has 0 N–H and O–H groups in total. The second-order valence-electron chi connectivity index (χ2n) is 7.41. The van der Waals surface area contributed by atoms with Crippen LogP contribution in [0, 0.1) is 16.7 Å². The van der Waals surface area contributed by atoms with Gasteiger partial charge in [-0.2, -0.15) is 0 Å². The maximum atomic E-state index is 12.9. The summed E-state index contributed by atoms with van der Waals surface area (Å²) in [7, 11) is 3.09. The third-order valence-corrected chi connectivity index (χ3v) is 5.00. The Morgan fingerprint density at radius 3 is 2.32 bits per heavy atom. The molecule has 0 aromatic rings. The van der Waals surface area contributed by atoms with Crippen LogP contribution in [0.5, 0.6) is 0 Å². The van der Waals surface area contributed by atoms with Crippen molar-refractivity contribution in [2.75, 3.05) is 20.8 Å². The van der Waals surface area contributed by atoms with Crippen molar-refractivity contribution in [3.05, 3.63) is 22.8 Å². The Balaban J connectivity index is 2.17. The van der Waals surface area contributed by atoms with Crippen LogP contribution in [-0.4, -0.2) is 37.4 Å². The van der Waals surface area contributed by atoms with E-state index in [-0.39, 0.29) is 17.6 Å². The van der Waals surface area contributed by atoms with Crippen molar-refractivity contribution in [2.24, 2.45) is 16.7 Å². The fourth-order valence-corrected chi connectivity index (χ4v) is 3.84. The van der Waals surface area contributed by atoms with Crippen LogP contribution in [0.4, 0.5) is 0 Å². The number of hydrogen-bond donors (Lipinski definition) is 0. The number of amides is 1. The van der Waals surface area contributed by atoms with Gasteiger partial charge in [0.15, 0.2) is 5.76 Å². The summed E-state index contributed by atoms with van der Waals surface area (Å²) in [4.78, 5) is 27.4. The van der Waals surface area contributed by atoms with Crippen molar-refractivity contribution < 1.29 is 19.1 Å². The Kier molecular flexibility index (Phi) is 3.00. The minimum atomic E-state index is -0.600. The molecule has 0 bridgehead atoms. The molecule has 5 nitrogen and oxygen atoms in total. The molecular formula is C17H23NO4. The summed E-state index contributed by atoms with van der Waals surface area (Å²) in [5.74, 6) is 1.20. The first-order valence-electron chi connectivity index (χ1n) is 7.61. The van der Waals surface area contributed by atoms with E-state index in [0.29, 0.717) is 23.6 Å². The van der Waals surface area contributed by atoms with Crippen LogP contribution in [0.3, 0.4) is 0 Å². The maximum Gasteiger partial charge on any atom is 0.232 e. The zero-order valence-electron chi connectivity index (χ0n) is 14.1. The Morgan fingerprint density at radius 1 is 1.23 bits per heavy atom. The molecule has 1 aliphatic heterocycles. The van der Waals surface area contributed by atoms with E-state index in [1.165, 1.54) is 7.11 Å². The highest BCUT2D eigenvalue weighted by Crippen LogP contribution is 2.68. The smallest absolute Gasteiger partial charge is 0.232 e. The van der Waals surface area contributed by atoms with Crippen LogP contribution in [0.2, 0.25) is 0 Å². The van der Waals surface area contributed by atoms with Crippen LogP contribution in [0.25, 0.3) is 0 Å². The van der Waals surface area contributed by atoms with Gasteiger partial charge in [-0.3, -0.25) is 9.59 Å². The van der Waals surface area contributed by atoms with Gasteiger partial charge in [0, 0.05) is 17.5 Å².